The molecule has 0 atom stereocenters. The molecular formula is C12H17NO3S. The number of aryl methyl sites for hydroxylation is 1. The minimum atomic E-state index is -1.02. The molecule has 0 aliphatic carbocycles. The lowest BCUT2D eigenvalue weighted by Gasteiger charge is -2.26. The zero-order valence-electron chi connectivity index (χ0n) is 9.90. The Morgan fingerprint density at radius 1 is 1.41 bits per heavy atom. The van der Waals surface area contributed by atoms with Crippen LogP contribution in [0.5, 0.6) is 0 Å². The Bertz CT molecular complexity index is 416. The maximum Gasteiger partial charge on any atom is 0.252 e. The van der Waals surface area contributed by atoms with Crippen LogP contribution >= 0.6 is 12.6 Å². The van der Waals surface area contributed by atoms with Gasteiger partial charge in [0.15, 0.2) is 0 Å². The second-order valence-corrected chi connectivity index (χ2v) is 4.85. The van der Waals surface area contributed by atoms with E-state index in [0.717, 1.165) is 5.56 Å². The van der Waals surface area contributed by atoms with Crippen molar-refractivity contribution in [1.29, 1.82) is 0 Å². The predicted molar refractivity (Wildman–Crippen MR) is 68.5 cm³/mol. The van der Waals surface area contributed by atoms with E-state index in [9.17, 15) is 4.79 Å². The molecule has 1 rings (SSSR count). The molecule has 0 bridgehead atoms. The number of thiol groups is 1. The van der Waals surface area contributed by atoms with Crippen molar-refractivity contribution in [3.8, 4) is 0 Å². The molecule has 0 radical (unpaired) electrons. The third-order valence-electron chi connectivity index (χ3n) is 2.58. The maximum atomic E-state index is 12.0. The van der Waals surface area contributed by atoms with Gasteiger partial charge in [0.25, 0.3) is 5.91 Å². The third kappa shape index (κ3) is 3.46. The van der Waals surface area contributed by atoms with Crippen LogP contribution in [0.1, 0.15) is 22.8 Å². The smallest absolute Gasteiger partial charge is 0.252 e. The largest absolute Gasteiger partial charge is 0.394 e. The number of hydrogen-bond acceptors (Lipinski definition) is 4. The quantitative estimate of drug-likeness (QED) is 0.600. The maximum absolute atomic E-state index is 12.0. The van der Waals surface area contributed by atoms with Crippen molar-refractivity contribution in [2.75, 3.05) is 13.2 Å². The van der Waals surface area contributed by atoms with Gasteiger partial charge in [-0.1, -0.05) is 6.07 Å². The van der Waals surface area contributed by atoms with Crippen LogP contribution in [0.15, 0.2) is 23.1 Å². The Morgan fingerprint density at radius 3 is 2.53 bits per heavy atom. The molecule has 0 saturated carbocycles. The van der Waals surface area contributed by atoms with Gasteiger partial charge in [-0.2, -0.15) is 0 Å². The molecule has 5 heteroatoms. The van der Waals surface area contributed by atoms with Gasteiger partial charge in [-0.25, -0.2) is 0 Å². The molecule has 0 unspecified atom stereocenters. The number of carbonyl (C=O) groups excluding carboxylic acids is 1. The Hall–Kier alpha value is -1.04. The molecule has 0 aliphatic heterocycles. The van der Waals surface area contributed by atoms with Crippen molar-refractivity contribution in [2.24, 2.45) is 0 Å². The Morgan fingerprint density at radius 2 is 2.00 bits per heavy atom. The number of aliphatic hydroxyl groups is 2. The number of rotatable bonds is 4. The van der Waals surface area contributed by atoms with Crippen molar-refractivity contribution in [2.45, 2.75) is 24.3 Å². The van der Waals surface area contributed by atoms with E-state index in [2.05, 4.69) is 17.9 Å². The summed E-state index contributed by atoms with van der Waals surface area (Å²) >= 11 is 4.17. The van der Waals surface area contributed by atoms with Crippen molar-refractivity contribution in [1.82, 2.24) is 5.32 Å². The zero-order valence-corrected chi connectivity index (χ0v) is 10.8. The SMILES string of the molecule is Cc1ccc(S)cc1C(=O)NC(C)(CO)CO. The number of benzene rings is 1. The first-order valence-electron chi connectivity index (χ1n) is 5.26. The Labute approximate surface area is 106 Å². The van der Waals surface area contributed by atoms with Gasteiger partial charge in [-0.05, 0) is 31.5 Å². The van der Waals surface area contributed by atoms with Crippen LogP contribution in [0.4, 0.5) is 0 Å². The molecule has 0 fully saturated rings. The average molecular weight is 255 g/mol. The highest BCUT2D eigenvalue weighted by molar-refractivity contribution is 7.80. The molecule has 0 saturated heterocycles. The fourth-order valence-electron chi connectivity index (χ4n) is 1.33. The fraction of sp³-hybridized carbons (Fsp3) is 0.417. The van der Waals surface area contributed by atoms with Gasteiger partial charge in [0, 0.05) is 10.5 Å². The monoisotopic (exact) mass is 255 g/mol. The summed E-state index contributed by atoms with van der Waals surface area (Å²) in [6.45, 7) is 2.74. The summed E-state index contributed by atoms with van der Waals surface area (Å²) in [4.78, 5) is 12.7. The van der Waals surface area contributed by atoms with Gasteiger partial charge >= 0.3 is 0 Å². The molecule has 0 spiro atoms. The normalized spacial score (nSPS) is 11.4. The second kappa shape index (κ2) is 5.53. The first kappa shape index (κ1) is 14.0. The highest BCUT2D eigenvalue weighted by atomic mass is 32.1. The van der Waals surface area contributed by atoms with Crippen LogP contribution in [0, 0.1) is 6.92 Å². The summed E-state index contributed by atoms with van der Waals surface area (Å²) in [5, 5.41) is 20.8. The molecule has 3 N–H and O–H groups in total. The summed E-state index contributed by atoms with van der Waals surface area (Å²) in [6, 6.07) is 5.25. The number of hydrogen-bond donors (Lipinski definition) is 4. The zero-order chi connectivity index (χ0) is 13.1. The van der Waals surface area contributed by atoms with E-state index in [4.69, 9.17) is 10.2 Å². The molecule has 0 aromatic heterocycles. The summed E-state index contributed by atoms with van der Waals surface area (Å²) < 4.78 is 0. The first-order chi connectivity index (χ1) is 7.91. The van der Waals surface area contributed by atoms with E-state index >= 15 is 0 Å². The number of nitrogens with one attached hydrogen (secondary N) is 1. The van der Waals surface area contributed by atoms with Gasteiger partial charge in [0.1, 0.15) is 0 Å². The average Bonchev–Trinajstić information content (AvgIpc) is 2.32. The Kier molecular flexibility index (Phi) is 4.56. The summed E-state index contributed by atoms with van der Waals surface area (Å²) in [5.74, 6) is -0.330. The minimum absolute atomic E-state index is 0.325. The highest BCUT2D eigenvalue weighted by Gasteiger charge is 2.25. The summed E-state index contributed by atoms with van der Waals surface area (Å²) in [6.07, 6.45) is 0. The van der Waals surface area contributed by atoms with Crippen LogP contribution in [-0.4, -0.2) is 34.9 Å². The van der Waals surface area contributed by atoms with E-state index in [0.29, 0.717) is 10.5 Å². The van der Waals surface area contributed by atoms with E-state index < -0.39 is 5.54 Å². The second-order valence-electron chi connectivity index (χ2n) is 4.33. The molecule has 1 aromatic rings. The van der Waals surface area contributed by atoms with Gasteiger partial charge in [-0.3, -0.25) is 4.79 Å². The third-order valence-corrected chi connectivity index (χ3v) is 2.86. The molecule has 0 aliphatic rings. The lowest BCUT2D eigenvalue weighted by Crippen LogP contribution is -2.51. The Balaban J connectivity index is 2.94. The lowest BCUT2D eigenvalue weighted by atomic mass is 10.0. The minimum Gasteiger partial charge on any atom is -0.394 e. The first-order valence-corrected chi connectivity index (χ1v) is 5.70. The molecule has 17 heavy (non-hydrogen) atoms. The van der Waals surface area contributed by atoms with Crippen LogP contribution in [0.2, 0.25) is 0 Å². The molecule has 1 aromatic carbocycles. The standard InChI is InChI=1S/C12H17NO3S/c1-8-3-4-9(17)5-10(8)11(16)13-12(2,6-14)7-15/h3-5,14-15,17H,6-7H2,1-2H3,(H,13,16). The van der Waals surface area contributed by atoms with Crippen molar-refractivity contribution in [3.05, 3.63) is 29.3 Å². The van der Waals surface area contributed by atoms with Gasteiger partial charge in [-0.15, -0.1) is 12.6 Å². The lowest BCUT2D eigenvalue weighted by molar-refractivity contribution is 0.0723. The molecule has 1 amide bonds. The highest BCUT2D eigenvalue weighted by Crippen LogP contribution is 2.15. The molecule has 4 nitrogen and oxygen atoms in total. The topological polar surface area (TPSA) is 69.6 Å². The number of carbonyl (C=O) groups is 1. The van der Waals surface area contributed by atoms with Crippen LogP contribution in [0.3, 0.4) is 0 Å². The fourth-order valence-corrected chi connectivity index (χ4v) is 1.53. The van der Waals surface area contributed by atoms with Crippen LogP contribution in [-0.2, 0) is 0 Å². The van der Waals surface area contributed by atoms with E-state index in [1.165, 1.54) is 0 Å². The number of amides is 1. The van der Waals surface area contributed by atoms with E-state index in [1.54, 1.807) is 25.1 Å². The molecular weight excluding hydrogens is 238 g/mol. The van der Waals surface area contributed by atoms with Gasteiger partial charge in [0.2, 0.25) is 0 Å². The summed E-state index contributed by atoms with van der Waals surface area (Å²) in [7, 11) is 0. The van der Waals surface area contributed by atoms with Crippen molar-refractivity contribution < 1.29 is 15.0 Å². The molecule has 0 heterocycles. The predicted octanol–water partition coefficient (Wildman–Crippen LogP) is 0.757. The molecule has 94 valence electrons. The van der Waals surface area contributed by atoms with Gasteiger partial charge in [0.05, 0.1) is 18.8 Å². The van der Waals surface area contributed by atoms with Crippen LogP contribution in [0.25, 0.3) is 0 Å². The van der Waals surface area contributed by atoms with Crippen LogP contribution < -0.4 is 5.32 Å². The van der Waals surface area contributed by atoms with E-state index in [1.807, 2.05) is 6.92 Å². The van der Waals surface area contributed by atoms with E-state index in [-0.39, 0.29) is 19.1 Å². The summed E-state index contributed by atoms with van der Waals surface area (Å²) in [5.41, 5.74) is 0.292. The van der Waals surface area contributed by atoms with Gasteiger partial charge < -0.3 is 15.5 Å². The van der Waals surface area contributed by atoms with Crippen molar-refractivity contribution >= 4 is 18.5 Å². The van der Waals surface area contributed by atoms with Crippen molar-refractivity contribution in [3.63, 3.8) is 0 Å². The number of aliphatic hydroxyl groups excluding tert-OH is 2.